The van der Waals surface area contributed by atoms with Crippen LogP contribution in [0, 0.1) is 19.1 Å². The van der Waals surface area contributed by atoms with Crippen molar-refractivity contribution in [3.63, 3.8) is 0 Å². The molecule has 1 aliphatic heterocycles. The summed E-state index contributed by atoms with van der Waals surface area (Å²) < 4.78 is 13.4. The van der Waals surface area contributed by atoms with Crippen LogP contribution in [0.4, 0.5) is 5.69 Å². The van der Waals surface area contributed by atoms with Crippen molar-refractivity contribution in [1.82, 2.24) is 9.55 Å². The third kappa shape index (κ3) is 5.69. The monoisotopic (exact) mass is 575 g/mol. The lowest BCUT2D eigenvalue weighted by molar-refractivity contribution is -0.386. The lowest BCUT2D eigenvalue weighted by atomic mass is 9.84. The molecular weight excluding hydrogens is 549 g/mol. The van der Waals surface area contributed by atoms with Gasteiger partial charge >= 0.3 is 5.69 Å². The topological polar surface area (TPSA) is 157 Å². The van der Waals surface area contributed by atoms with Gasteiger partial charge in [0.05, 0.1) is 41.5 Å². The van der Waals surface area contributed by atoms with Crippen molar-refractivity contribution in [3.8, 4) is 0 Å². The summed E-state index contributed by atoms with van der Waals surface area (Å²) in [6.07, 6.45) is -2.02. The van der Waals surface area contributed by atoms with Crippen molar-refractivity contribution in [2.75, 3.05) is 6.61 Å². The fourth-order valence-electron chi connectivity index (χ4n) is 3.77. The lowest BCUT2D eigenvalue weighted by Crippen LogP contribution is -2.35. The number of aliphatic hydroxyl groups excluding tert-OH is 2. The third-order valence-electron chi connectivity index (χ3n) is 5.40. The Kier molecular flexibility index (Phi) is 7.73. The zero-order valence-corrected chi connectivity index (χ0v) is 20.5. The van der Waals surface area contributed by atoms with E-state index in [2.05, 4.69) is 4.98 Å². The van der Waals surface area contributed by atoms with E-state index in [1.807, 2.05) is 43.4 Å². The van der Waals surface area contributed by atoms with Crippen LogP contribution < -0.4 is 11.2 Å². The van der Waals surface area contributed by atoms with Gasteiger partial charge in [-0.2, -0.15) is 0 Å². The maximum atomic E-state index is 12.4. The molecular formula is C21H26IN3O8. The minimum Gasteiger partial charge on any atom is -0.394 e. The molecule has 2 heterocycles. The van der Waals surface area contributed by atoms with E-state index < -0.39 is 52.7 Å². The summed E-state index contributed by atoms with van der Waals surface area (Å²) in [4.78, 5) is 38.1. The van der Waals surface area contributed by atoms with Crippen LogP contribution in [0.1, 0.15) is 50.7 Å². The van der Waals surface area contributed by atoms with E-state index in [4.69, 9.17) is 9.47 Å². The number of aliphatic hydroxyl groups is 2. The number of hydrogen-bond donors (Lipinski definition) is 3. The fourth-order valence-corrected chi connectivity index (χ4v) is 4.24. The number of aromatic amines is 1. The van der Waals surface area contributed by atoms with Gasteiger partial charge < -0.3 is 19.7 Å². The summed E-state index contributed by atoms with van der Waals surface area (Å²) in [5, 5.41) is 30.9. The van der Waals surface area contributed by atoms with Crippen LogP contribution in [-0.4, -0.2) is 43.5 Å². The number of nitro benzene ring substituents is 1. The van der Waals surface area contributed by atoms with E-state index in [1.54, 1.807) is 12.1 Å². The number of rotatable bonds is 7. The number of H-pyrrole nitrogens is 1. The Morgan fingerprint density at radius 3 is 2.67 bits per heavy atom. The van der Waals surface area contributed by atoms with Crippen molar-refractivity contribution in [1.29, 1.82) is 0 Å². The van der Waals surface area contributed by atoms with Crippen molar-refractivity contribution in [2.24, 2.45) is 5.41 Å². The maximum absolute atomic E-state index is 12.4. The molecule has 1 unspecified atom stereocenters. The molecule has 12 heteroatoms. The van der Waals surface area contributed by atoms with Gasteiger partial charge in [0, 0.05) is 22.3 Å². The Bertz CT molecular complexity index is 1140. The first-order valence-electron chi connectivity index (χ1n) is 10.3. The summed E-state index contributed by atoms with van der Waals surface area (Å²) in [5.41, 5.74) is -1.51. The van der Waals surface area contributed by atoms with Crippen molar-refractivity contribution < 1.29 is 24.6 Å². The molecule has 1 saturated heterocycles. The van der Waals surface area contributed by atoms with E-state index in [0.717, 1.165) is 4.57 Å². The number of aromatic nitrogens is 2. The highest BCUT2D eigenvalue weighted by atomic mass is 127. The van der Waals surface area contributed by atoms with Gasteiger partial charge in [0.25, 0.3) is 11.2 Å². The Labute approximate surface area is 202 Å². The van der Waals surface area contributed by atoms with Gasteiger partial charge in [-0.25, -0.2) is 4.79 Å². The van der Waals surface area contributed by atoms with Crippen LogP contribution in [0.2, 0.25) is 0 Å². The normalized spacial score (nSPS) is 21.8. The number of nitrogens with zero attached hydrogens (tertiary/aromatic N) is 2. The molecule has 1 aromatic heterocycles. The third-order valence-corrected chi connectivity index (χ3v) is 6.07. The number of benzene rings is 1. The molecule has 0 spiro atoms. The second-order valence-electron chi connectivity index (χ2n) is 8.95. The fraction of sp³-hybridized carbons (Fsp3) is 0.524. The summed E-state index contributed by atoms with van der Waals surface area (Å²) in [5.74, 6) is 0. The van der Waals surface area contributed by atoms with Gasteiger partial charge in [0.15, 0.2) is 0 Å². The summed E-state index contributed by atoms with van der Waals surface area (Å²) >= 11 is 2.00. The lowest BCUT2D eigenvalue weighted by Gasteiger charge is -2.31. The summed E-state index contributed by atoms with van der Waals surface area (Å²) in [6.45, 7) is 4.97. The zero-order chi connectivity index (χ0) is 24.5. The average Bonchev–Trinajstić information content (AvgIpc) is 3.09. The Hall–Kier alpha value is -2.13. The molecule has 0 amide bonds. The van der Waals surface area contributed by atoms with Crippen LogP contribution in [0.3, 0.4) is 0 Å². The maximum Gasteiger partial charge on any atom is 0.330 e. The number of ether oxygens (including phenoxy) is 2. The predicted octanol–water partition coefficient (Wildman–Crippen LogP) is 1.99. The molecule has 4 atom stereocenters. The largest absolute Gasteiger partial charge is 0.394 e. The molecule has 1 aromatic carbocycles. The SMILES string of the molecule is CC(C)(C)C(OCc1cn([C@H]2C[C@H](O)[C@@H](CO)O2)c(=O)[nH]c1=O)c1ccc(I)cc1[N+](=O)[O-]. The van der Waals surface area contributed by atoms with Crippen molar-refractivity contribution in [3.05, 3.63) is 70.0 Å². The van der Waals surface area contributed by atoms with E-state index in [9.17, 15) is 29.9 Å². The first kappa shape index (κ1) is 25.5. The summed E-state index contributed by atoms with van der Waals surface area (Å²) in [6, 6.07) is 4.85. The molecule has 1 fully saturated rings. The molecule has 0 saturated carbocycles. The Morgan fingerprint density at radius 2 is 2.09 bits per heavy atom. The van der Waals surface area contributed by atoms with E-state index in [0.29, 0.717) is 9.13 Å². The van der Waals surface area contributed by atoms with E-state index in [-0.39, 0.29) is 24.3 Å². The molecule has 3 rings (SSSR count). The highest BCUT2D eigenvalue weighted by Crippen LogP contribution is 2.41. The number of hydrogen-bond acceptors (Lipinski definition) is 8. The molecule has 1 aliphatic rings. The highest BCUT2D eigenvalue weighted by molar-refractivity contribution is 14.1. The quantitative estimate of drug-likeness (QED) is 0.257. The molecule has 0 aliphatic carbocycles. The highest BCUT2D eigenvalue weighted by Gasteiger charge is 2.36. The standard InChI is InChI=1S/C21H26IN3O8/c1-21(2,3)18(13-5-4-12(22)6-14(13)25(30)31)32-10-11-8-24(20(29)23-19(11)28)17-7-15(27)16(9-26)33-17/h4-6,8,15-18,26-27H,7,9-10H2,1-3H3,(H,23,28,29)/t15-,16+,17+,18?/m0/s1. The smallest absolute Gasteiger partial charge is 0.330 e. The second kappa shape index (κ2) is 10.0. The van der Waals surface area contributed by atoms with Gasteiger partial charge in [-0.15, -0.1) is 0 Å². The first-order chi connectivity index (χ1) is 15.4. The minimum absolute atomic E-state index is 0.0664. The minimum atomic E-state index is -0.953. The molecule has 2 aromatic rings. The van der Waals surface area contributed by atoms with Crippen LogP contribution in [0.25, 0.3) is 0 Å². The molecule has 0 bridgehead atoms. The Balaban J connectivity index is 1.92. The van der Waals surface area contributed by atoms with E-state index >= 15 is 0 Å². The van der Waals surface area contributed by atoms with Gasteiger partial charge in [0.1, 0.15) is 12.3 Å². The van der Waals surface area contributed by atoms with Crippen LogP contribution in [0.15, 0.2) is 34.0 Å². The van der Waals surface area contributed by atoms with E-state index in [1.165, 1.54) is 12.3 Å². The number of nitro groups is 1. The number of halogens is 1. The number of nitrogens with one attached hydrogen (secondary N) is 1. The van der Waals surface area contributed by atoms with Gasteiger partial charge in [-0.1, -0.05) is 20.8 Å². The van der Waals surface area contributed by atoms with Gasteiger partial charge in [-0.3, -0.25) is 24.5 Å². The average molecular weight is 575 g/mol. The molecule has 33 heavy (non-hydrogen) atoms. The summed E-state index contributed by atoms with van der Waals surface area (Å²) in [7, 11) is 0. The van der Waals surface area contributed by atoms with Gasteiger partial charge in [0.2, 0.25) is 0 Å². The van der Waals surface area contributed by atoms with Crippen LogP contribution >= 0.6 is 22.6 Å². The van der Waals surface area contributed by atoms with Crippen LogP contribution in [0.5, 0.6) is 0 Å². The molecule has 3 N–H and O–H groups in total. The second-order valence-corrected chi connectivity index (χ2v) is 10.2. The molecule has 180 valence electrons. The van der Waals surface area contributed by atoms with Crippen molar-refractivity contribution in [2.45, 2.75) is 58.3 Å². The predicted molar refractivity (Wildman–Crippen MR) is 126 cm³/mol. The zero-order valence-electron chi connectivity index (χ0n) is 18.4. The van der Waals surface area contributed by atoms with Crippen molar-refractivity contribution >= 4 is 28.3 Å². The first-order valence-corrected chi connectivity index (χ1v) is 11.3. The van der Waals surface area contributed by atoms with Gasteiger partial charge in [-0.05, 0) is 40.1 Å². The van der Waals surface area contributed by atoms with Crippen LogP contribution in [-0.2, 0) is 16.1 Å². The Morgan fingerprint density at radius 1 is 1.39 bits per heavy atom. The molecule has 11 nitrogen and oxygen atoms in total. The molecule has 0 radical (unpaired) electrons.